The quantitative estimate of drug-likeness (QED) is 0.688. The van der Waals surface area contributed by atoms with Crippen LogP contribution in [0.5, 0.6) is 0 Å². The Hall–Kier alpha value is -1.30. The maximum absolute atomic E-state index is 11.9. The van der Waals surface area contributed by atoms with Gasteiger partial charge in [-0.3, -0.25) is 4.79 Å². The molecule has 104 valence electrons. The minimum absolute atomic E-state index is 0.00740. The summed E-state index contributed by atoms with van der Waals surface area (Å²) in [6.07, 6.45) is 4.02. The van der Waals surface area contributed by atoms with Crippen LogP contribution < -0.4 is 11.1 Å². The maximum Gasteiger partial charge on any atom is 0.317 e. The average molecular weight is 257 g/mol. The Bertz CT molecular complexity index is 309. The van der Waals surface area contributed by atoms with E-state index in [0.29, 0.717) is 0 Å². The number of carboxylic acids is 1. The predicted molar refractivity (Wildman–Crippen MR) is 68.2 cm³/mol. The number of rotatable bonds is 4. The third-order valence-corrected chi connectivity index (χ3v) is 3.44. The van der Waals surface area contributed by atoms with Gasteiger partial charge >= 0.3 is 12.0 Å². The molecule has 2 amide bonds. The molecule has 18 heavy (non-hydrogen) atoms. The molecule has 0 aromatic rings. The van der Waals surface area contributed by atoms with Gasteiger partial charge in [0.05, 0.1) is 5.92 Å². The van der Waals surface area contributed by atoms with Crippen LogP contribution in [0.25, 0.3) is 0 Å². The summed E-state index contributed by atoms with van der Waals surface area (Å²) < 4.78 is 0. The highest BCUT2D eigenvalue weighted by Crippen LogP contribution is 2.17. The van der Waals surface area contributed by atoms with Crippen LogP contribution in [-0.2, 0) is 4.79 Å². The fraction of sp³-hybridized carbons (Fsp3) is 0.833. The van der Waals surface area contributed by atoms with Gasteiger partial charge in [-0.15, -0.1) is 0 Å². The number of urea groups is 1. The van der Waals surface area contributed by atoms with Crippen LogP contribution in [0.1, 0.15) is 32.6 Å². The van der Waals surface area contributed by atoms with Gasteiger partial charge in [0.25, 0.3) is 0 Å². The van der Waals surface area contributed by atoms with Crippen molar-refractivity contribution in [3.63, 3.8) is 0 Å². The molecule has 0 radical (unpaired) electrons. The number of carbonyl (C=O) groups is 2. The van der Waals surface area contributed by atoms with Crippen LogP contribution >= 0.6 is 0 Å². The molecule has 0 aromatic heterocycles. The van der Waals surface area contributed by atoms with Gasteiger partial charge in [-0.2, -0.15) is 0 Å². The molecule has 3 unspecified atom stereocenters. The molecule has 1 saturated carbocycles. The monoisotopic (exact) mass is 257 g/mol. The number of carboxylic acid groups (broad SMARTS) is 1. The molecule has 4 N–H and O–H groups in total. The minimum atomic E-state index is -0.899. The second-order valence-corrected chi connectivity index (χ2v) is 5.12. The zero-order valence-corrected chi connectivity index (χ0v) is 11.1. The van der Waals surface area contributed by atoms with Crippen molar-refractivity contribution < 1.29 is 14.7 Å². The van der Waals surface area contributed by atoms with Gasteiger partial charge in [0, 0.05) is 25.7 Å². The minimum Gasteiger partial charge on any atom is -0.481 e. The lowest BCUT2D eigenvalue weighted by atomic mass is 9.91. The van der Waals surface area contributed by atoms with Crippen molar-refractivity contribution in [3.05, 3.63) is 0 Å². The molecule has 1 aliphatic carbocycles. The third-order valence-electron chi connectivity index (χ3n) is 3.44. The van der Waals surface area contributed by atoms with E-state index < -0.39 is 11.9 Å². The first-order valence-corrected chi connectivity index (χ1v) is 6.42. The SMILES string of the molecule is CC(CN(C)C(=O)NC1CCCCC1N)C(=O)O. The number of nitrogens with one attached hydrogen (secondary N) is 1. The number of hydrogen-bond donors (Lipinski definition) is 3. The van der Waals surface area contributed by atoms with Crippen molar-refractivity contribution in [2.45, 2.75) is 44.7 Å². The molecule has 0 saturated heterocycles. The van der Waals surface area contributed by atoms with E-state index in [1.807, 2.05) is 0 Å². The Kier molecular flexibility index (Phi) is 5.40. The zero-order chi connectivity index (χ0) is 13.7. The first-order valence-electron chi connectivity index (χ1n) is 6.42. The third kappa shape index (κ3) is 4.18. The molecule has 1 fully saturated rings. The lowest BCUT2D eigenvalue weighted by Gasteiger charge is -2.31. The molecule has 6 heteroatoms. The maximum atomic E-state index is 11.9. The second-order valence-electron chi connectivity index (χ2n) is 5.12. The Labute approximate surface area is 108 Å². The van der Waals surface area contributed by atoms with Gasteiger partial charge in [-0.05, 0) is 12.8 Å². The lowest BCUT2D eigenvalue weighted by Crippen LogP contribution is -2.53. The van der Waals surface area contributed by atoms with Crippen LogP contribution in [0.15, 0.2) is 0 Å². The molecule has 1 rings (SSSR count). The van der Waals surface area contributed by atoms with Crippen molar-refractivity contribution in [2.75, 3.05) is 13.6 Å². The van der Waals surface area contributed by atoms with E-state index in [2.05, 4.69) is 5.32 Å². The summed E-state index contributed by atoms with van der Waals surface area (Å²) in [5, 5.41) is 11.7. The number of nitrogens with zero attached hydrogens (tertiary/aromatic N) is 1. The molecule has 1 aliphatic rings. The first kappa shape index (κ1) is 14.8. The van der Waals surface area contributed by atoms with E-state index in [4.69, 9.17) is 10.8 Å². The Morgan fingerprint density at radius 1 is 1.44 bits per heavy atom. The van der Waals surface area contributed by atoms with E-state index in [0.717, 1.165) is 25.7 Å². The average Bonchev–Trinajstić information content (AvgIpc) is 2.31. The van der Waals surface area contributed by atoms with E-state index in [9.17, 15) is 9.59 Å². The highest BCUT2D eigenvalue weighted by atomic mass is 16.4. The van der Waals surface area contributed by atoms with E-state index in [1.165, 1.54) is 4.90 Å². The number of nitrogens with two attached hydrogens (primary N) is 1. The summed E-state index contributed by atoms with van der Waals surface area (Å²) in [4.78, 5) is 24.0. The summed E-state index contributed by atoms with van der Waals surface area (Å²) in [5.74, 6) is -1.47. The number of aliphatic carboxylic acids is 1. The van der Waals surface area contributed by atoms with Crippen LogP contribution in [0.4, 0.5) is 4.79 Å². The smallest absolute Gasteiger partial charge is 0.317 e. The molecule has 0 aliphatic heterocycles. The topological polar surface area (TPSA) is 95.7 Å². The number of amides is 2. The number of carbonyl (C=O) groups excluding carboxylic acids is 1. The normalized spacial score (nSPS) is 25.3. The number of hydrogen-bond acceptors (Lipinski definition) is 3. The Morgan fingerprint density at radius 3 is 2.61 bits per heavy atom. The van der Waals surface area contributed by atoms with Crippen molar-refractivity contribution in [2.24, 2.45) is 11.7 Å². The molecule has 0 heterocycles. The molecule has 0 aromatic carbocycles. The summed E-state index contributed by atoms with van der Waals surface area (Å²) in [7, 11) is 1.60. The predicted octanol–water partition coefficient (Wildman–Crippen LogP) is 0.618. The van der Waals surface area contributed by atoms with Crippen molar-refractivity contribution in [1.29, 1.82) is 0 Å². The van der Waals surface area contributed by atoms with E-state index in [1.54, 1.807) is 14.0 Å². The highest BCUT2D eigenvalue weighted by Gasteiger charge is 2.25. The highest BCUT2D eigenvalue weighted by molar-refractivity contribution is 5.76. The molecular weight excluding hydrogens is 234 g/mol. The summed E-state index contributed by atoms with van der Waals surface area (Å²) >= 11 is 0. The van der Waals surface area contributed by atoms with Gasteiger partial charge in [0.1, 0.15) is 0 Å². The molecular formula is C12H23N3O3. The Morgan fingerprint density at radius 2 is 2.06 bits per heavy atom. The summed E-state index contributed by atoms with van der Waals surface area (Å²) in [5.41, 5.74) is 5.95. The standard InChI is InChI=1S/C12H23N3O3/c1-8(11(16)17)7-15(2)12(18)14-10-6-4-3-5-9(10)13/h8-10H,3-7,13H2,1-2H3,(H,14,18)(H,16,17). The summed E-state index contributed by atoms with van der Waals surface area (Å²) in [6.45, 7) is 1.78. The molecule has 0 bridgehead atoms. The van der Waals surface area contributed by atoms with Crippen molar-refractivity contribution in [3.8, 4) is 0 Å². The van der Waals surface area contributed by atoms with Crippen molar-refractivity contribution in [1.82, 2.24) is 10.2 Å². The molecule has 6 nitrogen and oxygen atoms in total. The largest absolute Gasteiger partial charge is 0.481 e. The first-order chi connectivity index (χ1) is 8.41. The van der Waals surface area contributed by atoms with Crippen LogP contribution in [0.3, 0.4) is 0 Å². The summed E-state index contributed by atoms with van der Waals surface area (Å²) in [6, 6.07) is -0.229. The van der Waals surface area contributed by atoms with Gasteiger partial charge in [-0.25, -0.2) is 4.79 Å². The fourth-order valence-electron chi connectivity index (χ4n) is 2.18. The zero-order valence-electron chi connectivity index (χ0n) is 11.1. The lowest BCUT2D eigenvalue weighted by molar-refractivity contribution is -0.141. The van der Waals surface area contributed by atoms with E-state index >= 15 is 0 Å². The second kappa shape index (κ2) is 6.58. The molecule has 3 atom stereocenters. The van der Waals surface area contributed by atoms with Gasteiger partial charge < -0.3 is 21.1 Å². The van der Waals surface area contributed by atoms with E-state index in [-0.39, 0.29) is 24.7 Å². The van der Waals surface area contributed by atoms with Crippen LogP contribution in [-0.4, -0.2) is 47.7 Å². The van der Waals surface area contributed by atoms with Gasteiger partial charge in [0.15, 0.2) is 0 Å². The van der Waals surface area contributed by atoms with Crippen LogP contribution in [0, 0.1) is 5.92 Å². The van der Waals surface area contributed by atoms with Crippen LogP contribution in [0.2, 0.25) is 0 Å². The Balaban J connectivity index is 2.41. The molecule has 0 spiro atoms. The van der Waals surface area contributed by atoms with Crippen molar-refractivity contribution >= 4 is 12.0 Å². The fourth-order valence-corrected chi connectivity index (χ4v) is 2.18. The van der Waals surface area contributed by atoms with Gasteiger partial charge in [-0.1, -0.05) is 19.8 Å². The van der Waals surface area contributed by atoms with Gasteiger partial charge in [0.2, 0.25) is 0 Å².